The van der Waals surface area contributed by atoms with Crippen LogP contribution >= 0.6 is 11.3 Å². The third-order valence-corrected chi connectivity index (χ3v) is 5.99. The largest absolute Gasteiger partial charge is 0.368 e. The molecule has 0 aliphatic rings. The minimum absolute atomic E-state index is 0.281. The number of amides is 1. The molecule has 8 heteroatoms. The summed E-state index contributed by atoms with van der Waals surface area (Å²) in [5, 5.41) is 5.13. The van der Waals surface area contributed by atoms with E-state index in [4.69, 9.17) is 4.98 Å². The number of aldehydes is 1. The van der Waals surface area contributed by atoms with Gasteiger partial charge in [0.1, 0.15) is 5.82 Å². The van der Waals surface area contributed by atoms with E-state index in [1.54, 1.807) is 35.5 Å². The van der Waals surface area contributed by atoms with Crippen molar-refractivity contribution in [3.8, 4) is 10.6 Å². The van der Waals surface area contributed by atoms with Gasteiger partial charge in [-0.05, 0) is 59.3 Å². The molecular formula is C25H21FN4O2S. The first-order valence-corrected chi connectivity index (χ1v) is 11.2. The fourth-order valence-corrected chi connectivity index (χ4v) is 4.28. The van der Waals surface area contributed by atoms with E-state index in [9.17, 15) is 14.0 Å². The maximum Gasteiger partial charge on any atom is 0.214 e. The second kappa shape index (κ2) is 10.6. The molecule has 0 radical (unpaired) electrons. The Labute approximate surface area is 194 Å². The van der Waals surface area contributed by atoms with Crippen molar-refractivity contribution in [2.24, 2.45) is 0 Å². The van der Waals surface area contributed by atoms with Crippen LogP contribution in [0.5, 0.6) is 0 Å². The van der Waals surface area contributed by atoms with Crippen LogP contribution in [-0.2, 0) is 17.8 Å². The first kappa shape index (κ1) is 22.3. The third kappa shape index (κ3) is 5.48. The number of rotatable bonds is 10. The summed E-state index contributed by atoms with van der Waals surface area (Å²) in [4.78, 5) is 34.5. The molecule has 3 aromatic heterocycles. The van der Waals surface area contributed by atoms with Crippen LogP contribution in [0, 0.1) is 5.82 Å². The number of benzene rings is 1. The number of thiophene rings is 1. The SMILES string of the molecule is O=Cc1ccsc1-c1ccc(N(C=O)Cc2cccnc2)c(NCCc2cccc(F)c2)n1. The first-order chi connectivity index (χ1) is 16.2. The summed E-state index contributed by atoms with van der Waals surface area (Å²) < 4.78 is 13.5. The molecule has 0 saturated carbocycles. The van der Waals surface area contributed by atoms with E-state index in [0.717, 1.165) is 28.7 Å². The lowest BCUT2D eigenvalue weighted by atomic mass is 10.1. The van der Waals surface area contributed by atoms with Gasteiger partial charge in [-0.25, -0.2) is 9.37 Å². The fourth-order valence-electron chi connectivity index (χ4n) is 3.45. The van der Waals surface area contributed by atoms with Gasteiger partial charge in [0.15, 0.2) is 12.1 Å². The Kier molecular flexibility index (Phi) is 7.16. The number of carbonyl (C=O) groups is 2. The molecule has 33 heavy (non-hydrogen) atoms. The van der Waals surface area contributed by atoms with Crippen molar-refractivity contribution in [2.45, 2.75) is 13.0 Å². The number of halogens is 1. The molecule has 0 fully saturated rings. The summed E-state index contributed by atoms with van der Waals surface area (Å²) in [6.07, 6.45) is 5.51. The first-order valence-electron chi connectivity index (χ1n) is 10.3. The van der Waals surface area contributed by atoms with E-state index in [1.807, 2.05) is 29.6 Å². The van der Waals surface area contributed by atoms with Gasteiger partial charge in [0, 0.05) is 24.5 Å². The molecule has 166 valence electrons. The number of nitrogens with one attached hydrogen (secondary N) is 1. The van der Waals surface area contributed by atoms with Crippen molar-refractivity contribution in [2.75, 3.05) is 16.8 Å². The standard InChI is InChI=1S/C25H21FN4O2S/c26-21-5-1-3-18(13-21)8-11-28-25-23(30(17-32)15-19-4-2-10-27-14-19)7-6-22(29-25)24-20(16-31)9-12-33-24/h1-7,9-10,12-14,16-17H,8,11,15H2,(H,28,29). The summed E-state index contributed by atoms with van der Waals surface area (Å²) in [5.74, 6) is 0.223. The van der Waals surface area contributed by atoms with Crippen LogP contribution in [-0.4, -0.2) is 29.2 Å². The third-order valence-electron chi connectivity index (χ3n) is 5.04. The second-order valence-corrected chi connectivity index (χ2v) is 8.20. The Balaban J connectivity index is 1.63. The molecule has 0 unspecified atom stereocenters. The lowest BCUT2D eigenvalue weighted by Crippen LogP contribution is -2.23. The number of pyridine rings is 2. The second-order valence-electron chi connectivity index (χ2n) is 7.29. The Morgan fingerprint density at radius 2 is 1.94 bits per heavy atom. The van der Waals surface area contributed by atoms with Crippen LogP contribution in [0.2, 0.25) is 0 Å². The number of anilines is 2. The molecule has 1 aromatic carbocycles. The average Bonchev–Trinajstić information content (AvgIpc) is 3.32. The zero-order chi connectivity index (χ0) is 23.0. The van der Waals surface area contributed by atoms with Crippen molar-refractivity contribution in [1.82, 2.24) is 9.97 Å². The van der Waals surface area contributed by atoms with Gasteiger partial charge in [-0.15, -0.1) is 11.3 Å². The maximum absolute atomic E-state index is 13.5. The number of nitrogens with zero attached hydrogens (tertiary/aromatic N) is 3. The Bertz CT molecular complexity index is 1250. The normalized spacial score (nSPS) is 10.6. The smallest absolute Gasteiger partial charge is 0.214 e. The molecule has 0 spiro atoms. The molecule has 1 N–H and O–H groups in total. The zero-order valence-corrected chi connectivity index (χ0v) is 18.5. The molecule has 1 amide bonds. The molecule has 0 aliphatic heterocycles. The van der Waals surface area contributed by atoms with Crippen LogP contribution in [0.25, 0.3) is 10.6 Å². The minimum Gasteiger partial charge on any atom is -0.368 e. The van der Waals surface area contributed by atoms with Crippen LogP contribution in [0.1, 0.15) is 21.5 Å². The predicted octanol–water partition coefficient (Wildman–Crippen LogP) is 4.97. The van der Waals surface area contributed by atoms with Crippen molar-refractivity contribution in [3.05, 3.63) is 94.9 Å². The number of aromatic nitrogens is 2. The average molecular weight is 461 g/mol. The molecule has 3 heterocycles. The highest BCUT2D eigenvalue weighted by Crippen LogP contribution is 2.32. The summed E-state index contributed by atoms with van der Waals surface area (Å²) >= 11 is 1.43. The van der Waals surface area contributed by atoms with Gasteiger partial charge in [0.2, 0.25) is 6.41 Å². The Hall–Kier alpha value is -3.91. The summed E-state index contributed by atoms with van der Waals surface area (Å²) in [6.45, 7) is 0.813. The van der Waals surface area contributed by atoms with E-state index in [0.29, 0.717) is 42.3 Å². The van der Waals surface area contributed by atoms with Gasteiger partial charge >= 0.3 is 0 Å². The summed E-state index contributed by atoms with van der Waals surface area (Å²) in [6, 6.07) is 15.5. The Morgan fingerprint density at radius 3 is 2.70 bits per heavy atom. The van der Waals surface area contributed by atoms with Crippen LogP contribution < -0.4 is 10.2 Å². The predicted molar refractivity (Wildman–Crippen MR) is 128 cm³/mol. The molecule has 0 saturated heterocycles. The number of hydrogen-bond donors (Lipinski definition) is 1. The van der Waals surface area contributed by atoms with Gasteiger partial charge < -0.3 is 10.2 Å². The highest BCUT2D eigenvalue weighted by Gasteiger charge is 2.16. The summed E-state index contributed by atoms with van der Waals surface area (Å²) in [5.41, 5.74) is 3.52. The molecule has 0 bridgehead atoms. The lowest BCUT2D eigenvalue weighted by Gasteiger charge is -2.21. The van der Waals surface area contributed by atoms with Gasteiger partial charge in [0.25, 0.3) is 0 Å². The maximum atomic E-state index is 13.5. The fraction of sp³-hybridized carbons (Fsp3) is 0.120. The molecular weight excluding hydrogens is 439 g/mol. The topological polar surface area (TPSA) is 75.2 Å². The van der Waals surface area contributed by atoms with E-state index < -0.39 is 0 Å². The number of hydrogen-bond acceptors (Lipinski definition) is 6. The van der Waals surface area contributed by atoms with Crippen molar-refractivity contribution in [1.29, 1.82) is 0 Å². The van der Waals surface area contributed by atoms with Crippen LogP contribution in [0.4, 0.5) is 15.9 Å². The van der Waals surface area contributed by atoms with Crippen molar-refractivity contribution < 1.29 is 14.0 Å². The Morgan fingerprint density at radius 1 is 1.06 bits per heavy atom. The molecule has 4 aromatic rings. The van der Waals surface area contributed by atoms with Gasteiger partial charge in [-0.3, -0.25) is 14.6 Å². The quantitative estimate of drug-likeness (QED) is 0.338. The molecule has 4 rings (SSSR count). The molecule has 0 atom stereocenters. The van der Waals surface area contributed by atoms with E-state index >= 15 is 0 Å². The molecule has 0 aliphatic carbocycles. The summed E-state index contributed by atoms with van der Waals surface area (Å²) in [7, 11) is 0. The zero-order valence-electron chi connectivity index (χ0n) is 17.6. The van der Waals surface area contributed by atoms with Gasteiger partial charge in [-0.1, -0.05) is 18.2 Å². The van der Waals surface area contributed by atoms with Gasteiger partial charge in [0.05, 0.1) is 22.8 Å². The van der Waals surface area contributed by atoms with E-state index in [-0.39, 0.29) is 5.82 Å². The highest BCUT2D eigenvalue weighted by atomic mass is 32.1. The van der Waals surface area contributed by atoms with E-state index in [1.165, 1.54) is 23.5 Å². The number of carbonyl (C=O) groups excluding carboxylic acids is 2. The highest BCUT2D eigenvalue weighted by molar-refractivity contribution is 7.13. The van der Waals surface area contributed by atoms with Crippen LogP contribution in [0.15, 0.2) is 72.4 Å². The minimum atomic E-state index is -0.281. The monoisotopic (exact) mass is 460 g/mol. The van der Waals surface area contributed by atoms with E-state index in [2.05, 4.69) is 10.3 Å². The molecule has 6 nitrogen and oxygen atoms in total. The lowest BCUT2D eigenvalue weighted by molar-refractivity contribution is -0.107. The van der Waals surface area contributed by atoms with Crippen LogP contribution in [0.3, 0.4) is 0 Å². The van der Waals surface area contributed by atoms with Crippen molar-refractivity contribution >= 4 is 35.5 Å². The van der Waals surface area contributed by atoms with Crippen molar-refractivity contribution in [3.63, 3.8) is 0 Å². The van der Waals surface area contributed by atoms with Gasteiger partial charge in [-0.2, -0.15) is 0 Å².